The SMILES string of the molecule is O=CCCNC(=O)c1c(F)c(F)c(F)c(F)c1F. The molecule has 0 aliphatic carbocycles. The molecule has 0 saturated heterocycles. The highest BCUT2D eigenvalue weighted by Gasteiger charge is 2.29. The van der Waals surface area contributed by atoms with Crippen LogP contribution in [0.25, 0.3) is 0 Å². The number of carbonyl (C=O) groups excluding carboxylic acids is 2. The molecule has 1 amide bonds. The second-order valence-corrected chi connectivity index (χ2v) is 3.16. The summed E-state index contributed by atoms with van der Waals surface area (Å²) in [7, 11) is 0. The van der Waals surface area contributed by atoms with Crippen LogP contribution in [0.4, 0.5) is 22.0 Å². The number of aldehydes is 1. The van der Waals surface area contributed by atoms with Gasteiger partial charge >= 0.3 is 0 Å². The average molecular weight is 267 g/mol. The van der Waals surface area contributed by atoms with Crippen molar-refractivity contribution >= 4 is 12.2 Å². The number of carbonyl (C=O) groups is 2. The second-order valence-electron chi connectivity index (χ2n) is 3.16. The van der Waals surface area contributed by atoms with E-state index in [0.29, 0.717) is 6.29 Å². The molecule has 0 aromatic heterocycles. The van der Waals surface area contributed by atoms with Gasteiger partial charge in [-0.3, -0.25) is 4.79 Å². The number of halogens is 5. The van der Waals surface area contributed by atoms with Crippen LogP contribution in [-0.2, 0) is 4.79 Å². The van der Waals surface area contributed by atoms with Crippen LogP contribution in [0.1, 0.15) is 16.8 Å². The smallest absolute Gasteiger partial charge is 0.257 e. The molecule has 0 radical (unpaired) electrons. The van der Waals surface area contributed by atoms with Gasteiger partial charge in [-0.05, 0) is 0 Å². The van der Waals surface area contributed by atoms with E-state index in [0.717, 1.165) is 0 Å². The summed E-state index contributed by atoms with van der Waals surface area (Å²) in [4.78, 5) is 21.2. The normalized spacial score (nSPS) is 10.3. The van der Waals surface area contributed by atoms with Crippen LogP contribution >= 0.6 is 0 Å². The molecule has 98 valence electrons. The molecule has 8 heteroatoms. The van der Waals surface area contributed by atoms with Gasteiger partial charge in [-0.2, -0.15) is 0 Å². The number of benzene rings is 1. The summed E-state index contributed by atoms with van der Waals surface area (Å²) in [5.41, 5.74) is -1.57. The monoisotopic (exact) mass is 267 g/mol. The molecule has 1 aromatic carbocycles. The van der Waals surface area contributed by atoms with Crippen molar-refractivity contribution in [2.75, 3.05) is 6.54 Å². The first-order chi connectivity index (χ1) is 8.41. The van der Waals surface area contributed by atoms with Crippen LogP contribution in [0, 0.1) is 29.1 Å². The lowest BCUT2D eigenvalue weighted by atomic mass is 10.1. The summed E-state index contributed by atoms with van der Waals surface area (Å²) in [6.07, 6.45) is 0.264. The van der Waals surface area contributed by atoms with Crippen LogP contribution in [0.15, 0.2) is 0 Å². The summed E-state index contributed by atoms with van der Waals surface area (Å²) in [6, 6.07) is 0. The van der Waals surface area contributed by atoms with Crippen molar-refractivity contribution in [3.63, 3.8) is 0 Å². The van der Waals surface area contributed by atoms with Gasteiger partial charge in [0.15, 0.2) is 23.3 Å². The standard InChI is InChI=1S/C10H6F5NO2/c11-5-4(10(18)16-2-1-3-17)6(12)8(14)9(15)7(5)13/h3H,1-2H2,(H,16,18). The van der Waals surface area contributed by atoms with Crippen molar-refractivity contribution in [2.24, 2.45) is 0 Å². The van der Waals surface area contributed by atoms with E-state index in [4.69, 9.17) is 0 Å². The Morgan fingerprint density at radius 2 is 1.39 bits per heavy atom. The largest absolute Gasteiger partial charge is 0.351 e. The summed E-state index contributed by atoms with van der Waals surface area (Å²) in [5.74, 6) is -12.6. The Hall–Kier alpha value is -1.99. The Labute approximate surface area is 97.6 Å². The highest BCUT2D eigenvalue weighted by Crippen LogP contribution is 2.22. The number of rotatable bonds is 4. The van der Waals surface area contributed by atoms with E-state index in [9.17, 15) is 31.5 Å². The van der Waals surface area contributed by atoms with Crippen LogP contribution in [-0.4, -0.2) is 18.7 Å². The predicted molar refractivity (Wildman–Crippen MR) is 49.2 cm³/mol. The molecule has 0 saturated carbocycles. The van der Waals surface area contributed by atoms with E-state index < -0.39 is 40.6 Å². The zero-order chi connectivity index (χ0) is 13.9. The lowest BCUT2D eigenvalue weighted by molar-refractivity contribution is -0.107. The third-order valence-corrected chi connectivity index (χ3v) is 1.98. The lowest BCUT2D eigenvalue weighted by Gasteiger charge is -2.08. The molecule has 0 aliphatic rings. The molecule has 0 fully saturated rings. The van der Waals surface area contributed by atoms with Gasteiger partial charge in [0, 0.05) is 13.0 Å². The van der Waals surface area contributed by atoms with Crippen LogP contribution < -0.4 is 5.32 Å². The molecule has 0 aliphatic heterocycles. The molecule has 1 aromatic rings. The number of hydrogen-bond donors (Lipinski definition) is 1. The summed E-state index contributed by atoms with van der Waals surface area (Å²) in [6.45, 7) is -0.276. The van der Waals surface area contributed by atoms with Crippen molar-refractivity contribution < 1.29 is 31.5 Å². The van der Waals surface area contributed by atoms with Crippen LogP contribution in [0.5, 0.6) is 0 Å². The van der Waals surface area contributed by atoms with Crippen molar-refractivity contribution in [3.05, 3.63) is 34.6 Å². The Bertz CT molecular complexity index is 475. The fourth-order valence-corrected chi connectivity index (χ4v) is 1.14. The molecular formula is C10H6F5NO2. The summed E-state index contributed by atoms with van der Waals surface area (Å²) in [5, 5.41) is 1.85. The minimum Gasteiger partial charge on any atom is -0.351 e. The Kier molecular flexibility index (Phi) is 4.35. The second kappa shape index (κ2) is 5.56. The van der Waals surface area contributed by atoms with Crippen molar-refractivity contribution in [2.45, 2.75) is 6.42 Å². The fourth-order valence-electron chi connectivity index (χ4n) is 1.14. The minimum absolute atomic E-state index is 0.152. The maximum Gasteiger partial charge on any atom is 0.257 e. The molecule has 0 spiro atoms. The Balaban J connectivity index is 3.16. The molecule has 0 unspecified atom stereocenters. The average Bonchev–Trinajstić information content (AvgIpc) is 2.34. The quantitative estimate of drug-likeness (QED) is 0.297. The van der Waals surface area contributed by atoms with E-state index in [1.807, 2.05) is 5.32 Å². The molecule has 0 bridgehead atoms. The predicted octanol–water partition coefficient (Wildman–Crippen LogP) is 1.70. The molecule has 1 rings (SSSR count). The summed E-state index contributed by atoms with van der Waals surface area (Å²) >= 11 is 0. The first kappa shape index (κ1) is 14.1. The van der Waals surface area contributed by atoms with Crippen molar-refractivity contribution in [3.8, 4) is 0 Å². The van der Waals surface area contributed by atoms with Gasteiger partial charge in [0.1, 0.15) is 11.8 Å². The van der Waals surface area contributed by atoms with Gasteiger partial charge in [0.25, 0.3) is 5.91 Å². The number of nitrogens with one attached hydrogen (secondary N) is 1. The van der Waals surface area contributed by atoms with E-state index >= 15 is 0 Å². The number of amides is 1. The van der Waals surface area contributed by atoms with Gasteiger partial charge in [-0.1, -0.05) is 0 Å². The minimum atomic E-state index is -2.34. The molecule has 0 atom stereocenters. The van der Waals surface area contributed by atoms with E-state index in [1.165, 1.54) is 0 Å². The first-order valence-electron chi connectivity index (χ1n) is 4.65. The first-order valence-corrected chi connectivity index (χ1v) is 4.65. The van der Waals surface area contributed by atoms with E-state index in [2.05, 4.69) is 0 Å². The summed E-state index contributed by atoms with van der Waals surface area (Å²) < 4.78 is 64.4. The zero-order valence-electron chi connectivity index (χ0n) is 8.70. The van der Waals surface area contributed by atoms with Gasteiger partial charge in [-0.15, -0.1) is 0 Å². The molecule has 18 heavy (non-hydrogen) atoms. The third-order valence-electron chi connectivity index (χ3n) is 1.98. The van der Waals surface area contributed by atoms with E-state index in [-0.39, 0.29) is 13.0 Å². The maximum atomic E-state index is 13.1. The molecular weight excluding hydrogens is 261 g/mol. The highest BCUT2D eigenvalue weighted by molar-refractivity contribution is 5.94. The Morgan fingerprint density at radius 3 is 1.83 bits per heavy atom. The molecule has 0 heterocycles. The maximum absolute atomic E-state index is 13.1. The Morgan fingerprint density at radius 1 is 0.944 bits per heavy atom. The van der Waals surface area contributed by atoms with Crippen molar-refractivity contribution in [1.29, 1.82) is 0 Å². The van der Waals surface area contributed by atoms with E-state index in [1.54, 1.807) is 0 Å². The van der Waals surface area contributed by atoms with Crippen LogP contribution in [0.3, 0.4) is 0 Å². The van der Waals surface area contributed by atoms with Gasteiger partial charge < -0.3 is 10.1 Å². The molecule has 1 N–H and O–H groups in total. The van der Waals surface area contributed by atoms with Gasteiger partial charge in [0.2, 0.25) is 5.82 Å². The zero-order valence-corrected chi connectivity index (χ0v) is 8.70. The molecule has 3 nitrogen and oxygen atoms in total. The topological polar surface area (TPSA) is 46.2 Å². The fraction of sp³-hybridized carbons (Fsp3) is 0.200. The van der Waals surface area contributed by atoms with Crippen LogP contribution in [0.2, 0.25) is 0 Å². The number of hydrogen-bond acceptors (Lipinski definition) is 2. The highest BCUT2D eigenvalue weighted by atomic mass is 19.2. The van der Waals surface area contributed by atoms with Gasteiger partial charge in [-0.25, -0.2) is 22.0 Å². The van der Waals surface area contributed by atoms with Gasteiger partial charge in [0.05, 0.1) is 0 Å². The lowest BCUT2D eigenvalue weighted by Crippen LogP contribution is -2.28. The third kappa shape index (κ3) is 2.47. The van der Waals surface area contributed by atoms with Crippen molar-refractivity contribution in [1.82, 2.24) is 5.32 Å².